The van der Waals surface area contributed by atoms with E-state index in [9.17, 15) is 4.79 Å². The summed E-state index contributed by atoms with van der Waals surface area (Å²) in [5.41, 5.74) is -0.174. The van der Waals surface area contributed by atoms with Gasteiger partial charge in [-0.25, -0.2) is 0 Å². The van der Waals surface area contributed by atoms with Crippen LogP contribution in [0.2, 0.25) is 0 Å². The summed E-state index contributed by atoms with van der Waals surface area (Å²) in [6.07, 6.45) is 3.56. The Labute approximate surface area is 91.7 Å². The maximum atomic E-state index is 12.2. The molecule has 0 aromatic rings. The third-order valence-electron chi connectivity index (χ3n) is 3.94. The predicted molar refractivity (Wildman–Crippen MR) is 58.0 cm³/mol. The van der Waals surface area contributed by atoms with Gasteiger partial charge in [0.2, 0.25) is 0 Å². The lowest BCUT2D eigenvalue weighted by Crippen LogP contribution is -2.41. The number of Topliss-reactive ketones (excluding diaryl/α,β-unsaturated/α-hetero) is 1. The molecule has 15 heavy (non-hydrogen) atoms. The molecule has 2 bridgehead atoms. The van der Waals surface area contributed by atoms with Gasteiger partial charge in [0.1, 0.15) is 5.78 Å². The standard InChI is InChI=1S/C13H19NO/c1-12(2,3)7-11(15)13-5-9(6-13)4-10(13)8-14/h9-10H,4-7H2,1-3H3. The molecule has 1 unspecified atom stereocenters. The maximum Gasteiger partial charge on any atom is 0.140 e. The molecule has 0 N–H and O–H groups in total. The van der Waals surface area contributed by atoms with Gasteiger partial charge in [0, 0.05) is 11.8 Å². The molecule has 0 aromatic carbocycles. The van der Waals surface area contributed by atoms with E-state index < -0.39 is 0 Å². The van der Waals surface area contributed by atoms with Gasteiger partial charge in [-0.1, -0.05) is 20.8 Å². The number of rotatable bonds is 2. The van der Waals surface area contributed by atoms with Crippen molar-refractivity contribution in [3.05, 3.63) is 0 Å². The van der Waals surface area contributed by atoms with Crippen LogP contribution >= 0.6 is 0 Å². The highest BCUT2D eigenvalue weighted by atomic mass is 16.1. The number of carbonyl (C=O) groups is 1. The third-order valence-corrected chi connectivity index (χ3v) is 3.94. The van der Waals surface area contributed by atoms with Gasteiger partial charge in [0.05, 0.1) is 12.0 Å². The molecule has 3 aliphatic rings. The number of carbonyl (C=O) groups excluding carboxylic acids is 1. The zero-order valence-electron chi connectivity index (χ0n) is 9.84. The minimum atomic E-state index is -0.229. The molecule has 3 saturated carbocycles. The number of hydrogen-bond acceptors (Lipinski definition) is 2. The molecular weight excluding hydrogens is 186 g/mol. The van der Waals surface area contributed by atoms with Crippen molar-refractivity contribution in [2.75, 3.05) is 0 Å². The predicted octanol–water partition coefficient (Wildman–Crippen LogP) is 2.93. The summed E-state index contributed by atoms with van der Waals surface area (Å²) in [5.74, 6) is 1.02. The molecule has 0 aliphatic heterocycles. The fourth-order valence-corrected chi connectivity index (χ4v) is 3.24. The van der Waals surface area contributed by atoms with Crippen molar-refractivity contribution in [2.24, 2.45) is 22.7 Å². The first-order valence-electron chi connectivity index (χ1n) is 5.80. The van der Waals surface area contributed by atoms with Crippen LogP contribution < -0.4 is 0 Å². The maximum absolute atomic E-state index is 12.2. The molecule has 0 heterocycles. The van der Waals surface area contributed by atoms with E-state index in [-0.39, 0.29) is 16.7 Å². The molecule has 0 amide bonds. The molecule has 2 nitrogen and oxygen atoms in total. The van der Waals surface area contributed by atoms with E-state index in [1.165, 1.54) is 0 Å². The Kier molecular flexibility index (Phi) is 2.19. The van der Waals surface area contributed by atoms with Crippen LogP contribution in [0.3, 0.4) is 0 Å². The Balaban J connectivity index is 2.11. The van der Waals surface area contributed by atoms with Crippen LogP contribution in [0.1, 0.15) is 46.5 Å². The van der Waals surface area contributed by atoms with E-state index in [4.69, 9.17) is 5.26 Å². The lowest BCUT2D eigenvalue weighted by Gasteiger charge is -2.39. The minimum Gasteiger partial charge on any atom is -0.299 e. The summed E-state index contributed by atoms with van der Waals surface area (Å²) in [6.45, 7) is 6.27. The molecule has 82 valence electrons. The normalized spacial score (nSPS) is 38.3. The quantitative estimate of drug-likeness (QED) is 0.695. The second-order valence-corrected chi connectivity index (χ2v) is 6.51. The SMILES string of the molecule is CC(C)(C)CC(=O)C12CC(CC1C#N)C2. The largest absolute Gasteiger partial charge is 0.299 e. The Morgan fingerprint density at radius 1 is 1.47 bits per heavy atom. The Bertz CT molecular complexity index is 325. The number of nitriles is 1. The first-order valence-corrected chi connectivity index (χ1v) is 5.80. The number of hydrogen-bond donors (Lipinski definition) is 0. The molecule has 3 aliphatic carbocycles. The van der Waals surface area contributed by atoms with E-state index in [0.717, 1.165) is 19.3 Å². The highest BCUT2D eigenvalue weighted by Gasteiger charge is 2.61. The van der Waals surface area contributed by atoms with Crippen LogP contribution in [-0.4, -0.2) is 5.78 Å². The van der Waals surface area contributed by atoms with E-state index in [2.05, 4.69) is 26.8 Å². The van der Waals surface area contributed by atoms with Gasteiger partial charge in [-0.3, -0.25) is 4.79 Å². The molecule has 0 spiro atoms. The third kappa shape index (κ3) is 1.58. The first-order chi connectivity index (χ1) is 6.87. The summed E-state index contributed by atoms with van der Waals surface area (Å²) in [5, 5.41) is 9.07. The van der Waals surface area contributed by atoms with Gasteiger partial charge in [0.25, 0.3) is 0 Å². The summed E-state index contributed by atoms with van der Waals surface area (Å²) in [6, 6.07) is 2.34. The summed E-state index contributed by atoms with van der Waals surface area (Å²) in [7, 11) is 0. The zero-order chi connectivity index (χ0) is 11.3. The van der Waals surface area contributed by atoms with Crippen molar-refractivity contribution in [2.45, 2.75) is 46.5 Å². The summed E-state index contributed by atoms with van der Waals surface area (Å²) < 4.78 is 0. The highest BCUT2D eigenvalue weighted by molar-refractivity contribution is 5.87. The minimum absolute atomic E-state index is 0.0114. The Hall–Kier alpha value is -0.840. The topological polar surface area (TPSA) is 40.9 Å². The second-order valence-electron chi connectivity index (χ2n) is 6.51. The Morgan fingerprint density at radius 2 is 2.07 bits per heavy atom. The van der Waals surface area contributed by atoms with Crippen LogP contribution in [0, 0.1) is 34.0 Å². The fraction of sp³-hybridized carbons (Fsp3) is 0.846. The monoisotopic (exact) mass is 205 g/mol. The van der Waals surface area contributed by atoms with Crippen molar-refractivity contribution in [1.82, 2.24) is 0 Å². The van der Waals surface area contributed by atoms with Gasteiger partial charge in [-0.2, -0.15) is 5.26 Å². The summed E-state index contributed by atoms with van der Waals surface area (Å²) in [4.78, 5) is 12.2. The molecular formula is C13H19NO. The molecule has 3 rings (SSSR count). The van der Waals surface area contributed by atoms with Crippen molar-refractivity contribution in [1.29, 1.82) is 5.26 Å². The average molecular weight is 205 g/mol. The molecule has 0 aromatic heterocycles. The highest BCUT2D eigenvalue weighted by Crippen LogP contribution is 2.63. The molecule has 0 radical (unpaired) electrons. The average Bonchev–Trinajstić information content (AvgIpc) is 2.52. The van der Waals surface area contributed by atoms with E-state index >= 15 is 0 Å². The van der Waals surface area contributed by atoms with Crippen molar-refractivity contribution >= 4 is 5.78 Å². The smallest absolute Gasteiger partial charge is 0.140 e. The van der Waals surface area contributed by atoms with Crippen LogP contribution in [0.15, 0.2) is 0 Å². The van der Waals surface area contributed by atoms with Crippen molar-refractivity contribution < 1.29 is 4.79 Å². The fourth-order valence-electron chi connectivity index (χ4n) is 3.24. The molecule has 2 heteroatoms. The molecule has 1 atom stereocenters. The van der Waals surface area contributed by atoms with Gasteiger partial charge in [0.15, 0.2) is 0 Å². The lowest BCUT2D eigenvalue weighted by molar-refractivity contribution is -0.135. The van der Waals surface area contributed by atoms with Crippen LogP contribution in [-0.2, 0) is 4.79 Å². The first kappa shape index (κ1) is 10.7. The van der Waals surface area contributed by atoms with Crippen LogP contribution in [0.4, 0.5) is 0 Å². The van der Waals surface area contributed by atoms with E-state index in [1.54, 1.807) is 0 Å². The van der Waals surface area contributed by atoms with Gasteiger partial charge in [-0.15, -0.1) is 0 Å². The van der Waals surface area contributed by atoms with Gasteiger partial charge in [-0.05, 0) is 30.6 Å². The Morgan fingerprint density at radius 3 is 2.53 bits per heavy atom. The number of nitrogens with zero attached hydrogens (tertiary/aromatic N) is 1. The van der Waals surface area contributed by atoms with Crippen LogP contribution in [0.5, 0.6) is 0 Å². The van der Waals surface area contributed by atoms with Crippen molar-refractivity contribution in [3.8, 4) is 6.07 Å². The molecule has 3 fully saturated rings. The molecule has 0 saturated heterocycles. The van der Waals surface area contributed by atoms with Gasteiger partial charge < -0.3 is 0 Å². The van der Waals surface area contributed by atoms with Crippen molar-refractivity contribution in [3.63, 3.8) is 0 Å². The van der Waals surface area contributed by atoms with E-state index in [0.29, 0.717) is 18.1 Å². The second kappa shape index (κ2) is 3.07. The lowest BCUT2D eigenvalue weighted by atomic mass is 9.62. The number of fused-ring (bicyclic) bond motifs is 1. The number of ketones is 1. The van der Waals surface area contributed by atoms with Crippen LogP contribution in [0.25, 0.3) is 0 Å². The summed E-state index contributed by atoms with van der Waals surface area (Å²) >= 11 is 0. The van der Waals surface area contributed by atoms with E-state index in [1.807, 2.05) is 0 Å². The zero-order valence-corrected chi connectivity index (χ0v) is 9.84. The van der Waals surface area contributed by atoms with Gasteiger partial charge >= 0.3 is 0 Å².